The highest BCUT2D eigenvalue weighted by atomic mass is 16.2. The number of nitrogens with two attached hydrogens (primary N) is 1. The van der Waals surface area contributed by atoms with Gasteiger partial charge in [-0.25, -0.2) is 0 Å². The third-order valence-corrected chi connectivity index (χ3v) is 3.33. The molecule has 1 aliphatic rings. The quantitative estimate of drug-likeness (QED) is 0.773. The Balaban J connectivity index is 2.00. The minimum absolute atomic E-state index is 0.0445. The van der Waals surface area contributed by atoms with Gasteiger partial charge >= 0.3 is 0 Å². The molecule has 0 aliphatic heterocycles. The van der Waals surface area contributed by atoms with Gasteiger partial charge in [0.05, 0.1) is 11.2 Å². The number of hydrogen-bond acceptors (Lipinski definition) is 2. The van der Waals surface area contributed by atoms with E-state index >= 15 is 0 Å². The van der Waals surface area contributed by atoms with Crippen LogP contribution in [0.4, 0.5) is 5.69 Å². The Hall–Kier alpha value is -1.97. The molecule has 4 heteroatoms. The van der Waals surface area contributed by atoms with Crippen LogP contribution in [0.5, 0.6) is 0 Å². The lowest BCUT2D eigenvalue weighted by Gasteiger charge is -2.14. The second-order valence-electron chi connectivity index (χ2n) is 4.64. The fourth-order valence-electron chi connectivity index (χ4n) is 2.11. The van der Waals surface area contributed by atoms with Crippen molar-refractivity contribution in [2.45, 2.75) is 18.9 Å². The van der Waals surface area contributed by atoms with Crippen molar-refractivity contribution in [3.8, 4) is 0 Å². The number of aromatic amines is 1. The summed E-state index contributed by atoms with van der Waals surface area (Å²) in [5.74, 6) is 0.0445. The lowest BCUT2D eigenvalue weighted by Crippen LogP contribution is -2.28. The maximum Gasteiger partial charge on any atom is 0.270 e. The second-order valence-corrected chi connectivity index (χ2v) is 4.64. The molecule has 88 valence electrons. The van der Waals surface area contributed by atoms with E-state index in [1.54, 1.807) is 4.90 Å². The third-order valence-electron chi connectivity index (χ3n) is 3.33. The Morgan fingerprint density at radius 2 is 2.24 bits per heavy atom. The van der Waals surface area contributed by atoms with Crippen molar-refractivity contribution in [3.63, 3.8) is 0 Å². The van der Waals surface area contributed by atoms with Crippen LogP contribution in [0.15, 0.2) is 24.3 Å². The van der Waals surface area contributed by atoms with Crippen molar-refractivity contribution < 1.29 is 4.79 Å². The Morgan fingerprint density at radius 3 is 2.88 bits per heavy atom. The number of benzene rings is 1. The van der Waals surface area contributed by atoms with Gasteiger partial charge in [0.2, 0.25) is 0 Å². The van der Waals surface area contributed by atoms with Gasteiger partial charge in [-0.15, -0.1) is 0 Å². The van der Waals surface area contributed by atoms with Gasteiger partial charge in [-0.2, -0.15) is 0 Å². The van der Waals surface area contributed by atoms with E-state index in [9.17, 15) is 4.79 Å². The molecule has 1 heterocycles. The standard InChI is InChI=1S/C13H15N3O/c1-16(9-5-6-9)13(17)11-7-8-3-2-4-10(14)12(8)15-11/h2-4,7,9,15H,5-6,14H2,1H3. The Bertz CT molecular complexity index is 583. The summed E-state index contributed by atoms with van der Waals surface area (Å²) < 4.78 is 0. The van der Waals surface area contributed by atoms with Crippen LogP contribution < -0.4 is 5.73 Å². The van der Waals surface area contributed by atoms with Crippen LogP contribution in [0.1, 0.15) is 23.3 Å². The van der Waals surface area contributed by atoms with E-state index in [0.717, 1.165) is 23.7 Å². The van der Waals surface area contributed by atoms with Crippen LogP contribution in [0.2, 0.25) is 0 Å². The number of aromatic nitrogens is 1. The van der Waals surface area contributed by atoms with Crippen LogP contribution in [-0.4, -0.2) is 28.9 Å². The number of H-pyrrole nitrogens is 1. The highest BCUT2D eigenvalue weighted by Crippen LogP contribution is 2.28. The van der Waals surface area contributed by atoms with Crippen molar-refractivity contribution >= 4 is 22.5 Å². The largest absolute Gasteiger partial charge is 0.397 e. The minimum atomic E-state index is 0.0445. The number of rotatable bonds is 2. The third kappa shape index (κ3) is 1.65. The van der Waals surface area contributed by atoms with Gasteiger partial charge in [-0.1, -0.05) is 12.1 Å². The second kappa shape index (κ2) is 3.52. The molecule has 2 aromatic rings. The molecule has 0 unspecified atom stereocenters. The molecule has 1 saturated carbocycles. The van der Waals surface area contributed by atoms with Gasteiger partial charge in [-0.3, -0.25) is 4.79 Å². The Morgan fingerprint density at radius 1 is 1.47 bits per heavy atom. The molecule has 1 aliphatic carbocycles. The predicted octanol–water partition coefficient (Wildman–Crippen LogP) is 1.98. The van der Waals surface area contributed by atoms with Crippen molar-refractivity contribution in [1.82, 2.24) is 9.88 Å². The van der Waals surface area contributed by atoms with Gasteiger partial charge in [0.25, 0.3) is 5.91 Å². The zero-order valence-electron chi connectivity index (χ0n) is 9.73. The number of nitrogens with zero attached hydrogens (tertiary/aromatic N) is 1. The molecule has 1 aromatic carbocycles. The first-order chi connectivity index (χ1) is 8.16. The zero-order valence-corrected chi connectivity index (χ0v) is 9.73. The van der Waals surface area contributed by atoms with Gasteiger partial charge in [0.15, 0.2) is 0 Å². The van der Waals surface area contributed by atoms with Gasteiger partial charge < -0.3 is 15.6 Å². The fraction of sp³-hybridized carbons (Fsp3) is 0.308. The summed E-state index contributed by atoms with van der Waals surface area (Å²) in [6, 6.07) is 7.97. The average Bonchev–Trinajstić information content (AvgIpc) is 3.07. The van der Waals surface area contributed by atoms with E-state index < -0.39 is 0 Å². The maximum absolute atomic E-state index is 12.2. The smallest absolute Gasteiger partial charge is 0.270 e. The molecular formula is C13H15N3O. The lowest BCUT2D eigenvalue weighted by atomic mass is 10.2. The number of nitrogen functional groups attached to an aromatic ring is 1. The van der Waals surface area contributed by atoms with Gasteiger partial charge in [0.1, 0.15) is 5.69 Å². The summed E-state index contributed by atoms with van der Waals surface area (Å²) in [6.07, 6.45) is 2.23. The normalized spacial score (nSPS) is 15.1. The summed E-state index contributed by atoms with van der Waals surface area (Å²) >= 11 is 0. The van der Waals surface area contributed by atoms with Crippen LogP contribution in [0.25, 0.3) is 10.9 Å². The number of para-hydroxylation sites is 1. The number of amides is 1. The lowest BCUT2D eigenvalue weighted by molar-refractivity contribution is 0.0780. The van der Waals surface area contributed by atoms with Gasteiger partial charge in [0, 0.05) is 18.5 Å². The van der Waals surface area contributed by atoms with Crippen molar-refractivity contribution in [3.05, 3.63) is 30.0 Å². The minimum Gasteiger partial charge on any atom is -0.397 e. The molecule has 0 radical (unpaired) electrons. The van der Waals surface area contributed by atoms with E-state index in [4.69, 9.17) is 5.73 Å². The topological polar surface area (TPSA) is 62.1 Å². The number of anilines is 1. The SMILES string of the molecule is CN(C(=O)c1cc2cccc(N)c2[nH]1)C1CC1. The zero-order chi connectivity index (χ0) is 12.0. The average molecular weight is 229 g/mol. The molecule has 4 nitrogen and oxygen atoms in total. The van der Waals surface area contributed by atoms with E-state index in [0.29, 0.717) is 17.4 Å². The summed E-state index contributed by atoms with van der Waals surface area (Å²) in [5, 5.41) is 0.984. The van der Waals surface area contributed by atoms with E-state index in [1.807, 2.05) is 31.3 Å². The van der Waals surface area contributed by atoms with Crippen LogP contribution in [0.3, 0.4) is 0 Å². The predicted molar refractivity (Wildman–Crippen MR) is 67.8 cm³/mol. The van der Waals surface area contributed by atoms with Gasteiger partial charge in [-0.05, 0) is 25.0 Å². The number of carbonyl (C=O) groups is 1. The molecule has 17 heavy (non-hydrogen) atoms. The highest BCUT2D eigenvalue weighted by molar-refractivity contribution is 6.00. The van der Waals surface area contributed by atoms with Crippen LogP contribution >= 0.6 is 0 Å². The number of nitrogens with one attached hydrogen (secondary N) is 1. The van der Waals surface area contributed by atoms with E-state index in [-0.39, 0.29) is 5.91 Å². The molecule has 1 aromatic heterocycles. The molecule has 0 spiro atoms. The molecule has 0 saturated heterocycles. The highest BCUT2D eigenvalue weighted by Gasteiger charge is 2.30. The van der Waals surface area contributed by atoms with Crippen molar-refractivity contribution in [2.75, 3.05) is 12.8 Å². The molecule has 0 atom stereocenters. The molecule has 0 bridgehead atoms. The number of carbonyl (C=O) groups excluding carboxylic acids is 1. The molecule has 3 N–H and O–H groups in total. The first-order valence-electron chi connectivity index (χ1n) is 5.81. The van der Waals surface area contributed by atoms with Crippen LogP contribution in [0, 0.1) is 0 Å². The number of fused-ring (bicyclic) bond motifs is 1. The molecular weight excluding hydrogens is 214 g/mol. The first-order valence-corrected chi connectivity index (χ1v) is 5.81. The summed E-state index contributed by atoms with van der Waals surface area (Å²) in [5.41, 5.74) is 8.00. The number of hydrogen-bond donors (Lipinski definition) is 2. The van der Waals surface area contributed by atoms with Crippen molar-refractivity contribution in [1.29, 1.82) is 0 Å². The van der Waals surface area contributed by atoms with E-state index in [2.05, 4.69) is 4.98 Å². The first kappa shape index (κ1) is 10.2. The fourth-order valence-corrected chi connectivity index (χ4v) is 2.11. The summed E-state index contributed by atoms with van der Waals surface area (Å²) in [6.45, 7) is 0. The van der Waals surface area contributed by atoms with Crippen LogP contribution in [-0.2, 0) is 0 Å². The molecule has 1 amide bonds. The summed E-state index contributed by atoms with van der Waals surface area (Å²) in [4.78, 5) is 17.1. The molecule has 1 fully saturated rings. The Kier molecular flexibility index (Phi) is 2.11. The Labute approximate surface area is 99.4 Å². The van der Waals surface area contributed by atoms with Crippen molar-refractivity contribution in [2.24, 2.45) is 0 Å². The van der Waals surface area contributed by atoms with E-state index in [1.165, 1.54) is 0 Å². The summed E-state index contributed by atoms with van der Waals surface area (Å²) in [7, 11) is 1.86. The molecule has 3 rings (SSSR count). The monoisotopic (exact) mass is 229 g/mol. The maximum atomic E-state index is 12.2.